The summed E-state index contributed by atoms with van der Waals surface area (Å²) in [5, 5.41) is 3.24. The third-order valence-electron chi connectivity index (χ3n) is 3.72. The molecule has 0 aliphatic heterocycles. The lowest BCUT2D eigenvalue weighted by atomic mass is 10.0. The number of rotatable bonds is 6. The van der Waals surface area contributed by atoms with Crippen molar-refractivity contribution in [3.63, 3.8) is 0 Å². The van der Waals surface area contributed by atoms with E-state index in [1.165, 1.54) is 18.2 Å². The van der Waals surface area contributed by atoms with Gasteiger partial charge in [0.05, 0.1) is 11.4 Å². The van der Waals surface area contributed by atoms with Gasteiger partial charge in [0.1, 0.15) is 0 Å². The molecule has 0 saturated heterocycles. The van der Waals surface area contributed by atoms with Crippen LogP contribution >= 0.6 is 11.6 Å². The number of nitrogens with one attached hydrogen (secondary N) is 2. The van der Waals surface area contributed by atoms with Gasteiger partial charge in [-0.05, 0) is 48.2 Å². The van der Waals surface area contributed by atoms with Crippen LogP contribution in [0.1, 0.15) is 30.9 Å². The van der Waals surface area contributed by atoms with E-state index in [2.05, 4.69) is 10.0 Å². The van der Waals surface area contributed by atoms with Gasteiger partial charge in [0.15, 0.2) is 0 Å². The summed E-state index contributed by atoms with van der Waals surface area (Å²) in [5.74, 6) is -0.187. The standard InChI is InChI=1S/C18H21ClN2O3S/c1-12(2)15-6-4-5-7-17(15)21-18(22)11-20-25(23,24)14-8-9-16(19)13(3)10-14/h4-10,12,20H,11H2,1-3H3,(H,21,22). The van der Waals surface area contributed by atoms with Crippen LogP contribution in [0.5, 0.6) is 0 Å². The van der Waals surface area contributed by atoms with Crippen molar-refractivity contribution in [1.82, 2.24) is 4.72 Å². The Bertz CT molecular complexity index is 880. The first kappa shape index (κ1) is 19.4. The molecule has 0 unspecified atom stereocenters. The molecule has 0 radical (unpaired) electrons. The van der Waals surface area contributed by atoms with Crippen LogP contribution in [0.25, 0.3) is 0 Å². The number of amides is 1. The quantitative estimate of drug-likeness (QED) is 0.802. The van der Waals surface area contributed by atoms with Crippen molar-refractivity contribution in [1.29, 1.82) is 0 Å². The van der Waals surface area contributed by atoms with Crippen molar-refractivity contribution in [3.8, 4) is 0 Å². The van der Waals surface area contributed by atoms with Crippen LogP contribution in [0, 0.1) is 6.92 Å². The van der Waals surface area contributed by atoms with E-state index in [1.807, 2.05) is 32.0 Å². The minimum atomic E-state index is -3.78. The summed E-state index contributed by atoms with van der Waals surface area (Å²) in [6.45, 7) is 5.42. The number of benzene rings is 2. The molecule has 0 aliphatic rings. The van der Waals surface area contributed by atoms with Crippen LogP contribution in [0.15, 0.2) is 47.4 Å². The maximum atomic E-state index is 12.3. The normalized spacial score (nSPS) is 11.6. The van der Waals surface area contributed by atoms with Gasteiger partial charge in [-0.2, -0.15) is 0 Å². The Kier molecular flexibility index (Phi) is 6.21. The molecule has 25 heavy (non-hydrogen) atoms. The second-order valence-corrected chi connectivity index (χ2v) is 8.20. The zero-order valence-corrected chi connectivity index (χ0v) is 15.9. The number of anilines is 1. The molecular formula is C18H21ClN2O3S. The summed E-state index contributed by atoms with van der Waals surface area (Å²) in [7, 11) is -3.78. The number of hydrogen-bond acceptors (Lipinski definition) is 3. The number of hydrogen-bond donors (Lipinski definition) is 2. The molecule has 0 bridgehead atoms. The Balaban J connectivity index is 2.05. The molecule has 2 rings (SSSR count). The molecule has 5 nitrogen and oxygen atoms in total. The van der Waals surface area contributed by atoms with Crippen LogP contribution in [0.4, 0.5) is 5.69 Å². The molecule has 0 saturated carbocycles. The Labute approximate surface area is 153 Å². The van der Waals surface area contributed by atoms with Gasteiger partial charge in [0, 0.05) is 10.7 Å². The van der Waals surface area contributed by atoms with Crippen LogP contribution < -0.4 is 10.0 Å². The lowest BCUT2D eigenvalue weighted by molar-refractivity contribution is -0.115. The summed E-state index contributed by atoms with van der Waals surface area (Å²) >= 11 is 5.91. The highest BCUT2D eigenvalue weighted by molar-refractivity contribution is 7.89. The molecule has 1 amide bonds. The average Bonchev–Trinajstić information content (AvgIpc) is 2.56. The van der Waals surface area contributed by atoms with Gasteiger partial charge in [-0.3, -0.25) is 4.79 Å². The van der Waals surface area contributed by atoms with E-state index in [-0.39, 0.29) is 17.4 Å². The predicted molar refractivity (Wildman–Crippen MR) is 101 cm³/mol. The lowest BCUT2D eigenvalue weighted by Crippen LogP contribution is -2.33. The lowest BCUT2D eigenvalue weighted by Gasteiger charge is -2.14. The van der Waals surface area contributed by atoms with E-state index in [4.69, 9.17) is 11.6 Å². The molecule has 0 fully saturated rings. The summed E-state index contributed by atoms with van der Waals surface area (Å²) in [6, 6.07) is 11.8. The van der Waals surface area contributed by atoms with Crippen molar-refractivity contribution >= 4 is 33.2 Å². The van der Waals surface area contributed by atoms with Gasteiger partial charge in [-0.1, -0.05) is 43.6 Å². The molecule has 2 N–H and O–H groups in total. The van der Waals surface area contributed by atoms with Crippen LogP contribution in [-0.2, 0) is 14.8 Å². The van der Waals surface area contributed by atoms with Crippen LogP contribution in [0.3, 0.4) is 0 Å². The fraction of sp³-hybridized carbons (Fsp3) is 0.278. The highest BCUT2D eigenvalue weighted by atomic mass is 35.5. The zero-order valence-electron chi connectivity index (χ0n) is 14.3. The Hall–Kier alpha value is -1.89. The Morgan fingerprint density at radius 2 is 1.84 bits per heavy atom. The maximum Gasteiger partial charge on any atom is 0.241 e. The van der Waals surface area contributed by atoms with E-state index >= 15 is 0 Å². The number of sulfonamides is 1. The average molecular weight is 381 g/mol. The van der Waals surface area contributed by atoms with E-state index in [0.29, 0.717) is 16.3 Å². The van der Waals surface area contributed by atoms with Crippen LogP contribution in [-0.4, -0.2) is 20.9 Å². The molecule has 134 valence electrons. The Morgan fingerprint density at radius 1 is 1.16 bits per heavy atom. The van der Waals surface area contributed by atoms with Gasteiger partial charge >= 0.3 is 0 Å². The van der Waals surface area contributed by atoms with E-state index in [0.717, 1.165) is 5.56 Å². The summed E-state index contributed by atoms with van der Waals surface area (Å²) in [6.07, 6.45) is 0. The van der Waals surface area contributed by atoms with Crippen molar-refractivity contribution in [2.75, 3.05) is 11.9 Å². The second kappa shape index (κ2) is 7.99. The minimum Gasteiger partial charge on any atom is -0.325 e. The molecule has 0 aromatic heterocycles. The number of aryl methyl sites for hydroxylation is 1. The van der Waals surface area contributed by atoms with Crippen molar-refractivity contribution in [2.24, 2.45) is 0 Å². The smallest absolute Gasteiger partial charge is 0.241 e. The minimum absolute atomic E-state index is 0.0739. The largest absolute Gasteiger partial charge is 0.325 e. The SMILES string of the molecule is Cc1cc(S(=O)(=O)NCC(=O)Nc2ccccc2C(C)C)ccc1Cl. The fourth-order valence-electron chi connectivity index (χ4n) is 2.34. The number of carbonyl (C=O) groups is 1. The fourth-order valence-corrected chi connectivity index (χ4v) is 3.52. The molecule has 0 atom stereocenters. The first-order valence-corrected chi connectivity index (χ1v) is 9.71. The topological polar surface area (TPSA) is 75.3 Å². The van der Waals surface area contributed by atoms with Gasteiger partial charge < -0.3 is 5.32 Å². The third kappa shape index (κ3) is 5.04. The molecule has 7 heteroatoms. The zero-order chi connectivity index (χ0) is 18.6. The summed E-state index contributed by atoms with van der Waals surface area (Å²) < 4.78 is 26.9. The molecule has 2 aromatic rings. The Morgan fingerprint density at radius 3 is 2.48 bits per heavy atom. The van der Waals surface area contributed by atoms with Crippen molar-refractivity contribution in [3.05, 3.63) is 58.6 Å². The van der Waals surface area contributed by atoms with Gasteiger partial charge in [0.25, 0.3) is 0 Å². The van der Waals surface area contributed by atoms with Gasteiger partial charge in [-0.15, -0.1) is 0 Å². The monoisotopic (exact) mass is 380 g/mol. The highest BCUT2D eigenvalue weighted by Crippen LogP contribution is 2.23. The maximum absolute atomic E-state index is 12.3. The predicted octanol–water partition coefficient (Wildman–Crippen LogP) is 3.69. The number of carbonyl (C=O) groups excluding carboxylic acids is 1. The van der Waals surface area contributed by atoms with Crippen LogP contribution in [0.2, 0.25) is 5.02 Å². The van der Waals surface area contributed by atoms with E-state index in [1.54, 1.807) is 13.0 Å². The molecule has 0 spiro atoms. The van der Waals surface area contributed by atoms with E-state index < -0.39 is 15.9 Å². The third-order valence-corrected chi connectivity index (χ3v) is 5.54. The van der Waals surface area contributed by atoms with Gasteiger partial charge in [0.2, 0.25) is 15.9 Å². The first-order valence-electron chi connectivity index (χ1n) is 7.85. The summed E-state index contributed by atoms with van der Waals surface area (Å²) in [5.41, 5.74) is 2.33. The van der Waals surface area contributed by atoms with Crippen molar-refractivity contribution in [2.45, 2.75) is 31.6 Å². The number of para-hydroxylation sites is 1. The second-order valence-electron chi connectivity index (χ2n) is 6.03. The molecule has 0 aliphatic carbocycles. The number of halogens is 1. The first-order chi connectivity index (χ1) is 11.7. The molecule has 0 heterocycles. The van der Waals surface area contributed by atoms with Gasteiger partial charge in [-0.25, -0.2) is 13.1 Å². The molecule has 2 aromatic carbocycles. The molecular weight excluding hydrogens is 360 g/mol. The van der Waals surface area contributed by atoms with E-state index in [9.17, 15) is 13.2 Å². The highest BCUT2D eigenvalue weighted by Gasteiger charge is 2.17. The van der Waals surface area contributed by atoms with Crippen molar-refractivity contribution < 1.29 is 13.2 Å². The summed E-state index contributed by atoms with van der Waals surface area (Å²) in [4.78, 5) is 12.2.